The summed E-state index contributed by atoms with van der Waals surface area (Å²) in [6.07, 6.45) is 1.30. The molecule has 0 bridgehead atoms. The molecule has 1 aliphatic rings. The van der Waals surface area contributed by atoms with E-state index in [0.717, 1.165) is 12.8 Å². The number of hydrogen-bond acceptors (Lipinski definition) is 4. The van der Waals surface area contributed by atoms with Gasteiger partial charge in [0.2, 0.25) is 10.0 Å². The van der Waals surface area contributed by atoms with Crippen LogP contribution in [0.25, 0.3) is 0 Å². The molecule has 1 atom stereocenters. The Morgan fingerprint density at radius 2 is 1.96 bits per heavy atom. The van der Waals surface area contributed by atoms with Crippen molar-refractivity contribution in [2.75, 3.05) is 19.6 Å². The number of ether oxygens (including phenoxy) is 1. The minimum atomic E-state index is -3.58. The third-order valence-electron chi connectivity index (χ3n) is 4.64. The number of carbonyl (C=O) groups excluding carboxylic acids is 1. The summed E-state index contributed by atoms with van der Waals surface area (Å²) in [6, 6.07) is 6.84. The van der Waals surface area contributed by atoms with Crippen LogP contribution < -0.4 is 0 Å². The van der Waals surface area contributed by atoms with Gasteiger partial charge in [0, 0.05) is 30.1 Å². The molecule has 0 aromatic heterocycles. The Morgan fingerprint density at radius 3 is 2.54 bits per heavy atom. The Morgan fingerprint density at radius 1 is 1.32 bits per heavy atom. The van der Waals surface area contributed by atoms with E-state index < -0.39 is 15.6 Å². The lowest BCUT2D eigenvalue weighted by molar-refractivity contribution is 0.0138. The van der Waals surface area contributed by atoms with Gasteiger partial charge in [0.05, 0.1) is 4.90 Å². The summed E-state index contributed by atoms with van der Waals surface area (Å²) in [5.41, 5.74) is -0.564. The first-order chi connectivity index (χ1) is 12.9. The first-order valence-electron chi connectivity index (χ1n) is 9.66. The van der Waals surface area contributed by atoms with Crippen molar-refractivity contribution >= 4 is 32.0 Å². The fraction of sp³-hybridized carbons (Fsp3) is 0.650. The van der Waals surface area contributed by atoms with Gasteiger partial charge in [0.15, 0.2) is 0 Å². The van der Waals surface area contributed by atoms with Gasteiger partial charge in [0.1, 0.15) is 5.60 Å². The molecule has 0 saturated carbocycles. The molecule has 0 spiro atoms. The molecule has 1 unspecified atom stereocenters. The summed E-state index contributed by atoms with van der Waals surface area (Å²) in [5, 5.41) is 0. The number of sulfonamides is 1. The number of carbonyl (C=O) groups is 1. The molecule has 0 radical (unpaired) electrons. The van der Waals surface area contributed by atoms with Crippen LogP contribution in [0.15, 0.2) is 33.6 Å². The SMILES string of the molecule is CC(C)N(CC1CCCN(S(=O)(=O)c2ccccc2Br)C1)C(=O)OC(C)(C)C. The second-order valence-corrected chi connectivity index (χ2v) is 11.3. The molecule has 6 nitrogen and oxygen atoms in total. The first-order valence-corrected chi connectivity index (χ1v) is 11.9. The van der Waals surface area contributed by atoms with Gasteiger partial charge in [-0.1, -0.05) is 12.1 Å². The van der Waals surface area contributed by atoms with Gasteiger partial charge in [-0.2, -0.15) is 4.31 Å². The molecule has 0 aliphatic carbocycles. The number of hydrogen-bond donors (Lipinski definition) is 0. The largest absolute Gasteiger partial charge is 0.444 e. The lowest BCUT2D eigenvalue weighted by Crippen LogP contribution is -2.48. The average molecular weight is 475 g/mol. The van der Waals surface area contributed by atoms with Crippen LogP contribution in [0, 0.1) is 5.92 Å². The topological polar surface area (TPSA) is 66.9 Å². The maximum Gasteiger partial charge on any atom is 0.410 e. The minimum absolute atomic E-state index is 0.0231. The number of rotatable bonds is 5. The summed E-state index contributed by atoms with van der Waals surface area (Å²) in [6.45, 7) is 10.8. The van der Waals surface area contributed by atoms with Gasteiger partial charge in [-0.25, -0.2) is 13.2 Å². The Bertz CT molecular complexity index is 790. The van der Waals surface area contributed by atoms with E-state index in [0.29, 0.717) is 24.1 Å². The van der Waals surface area contributed by atoms with Crippen LogP contribution in [0.5, 0.6) is 0 Å². The highest BCUT2D eigenvalue weighted by molar-refractivity contribution is 9.10. The zero-order valence-corrected chi connectivity index (χ0v) is 19.7. The van der Waals surface area contributed by atoms with Gasteiger partial charge < -0.3 is 9.64 Å². The van der Waals surface area contributed by atoms with Crippen molar-refractivity contribution < 1.29 is 17.9 Å². The van der Waals surface area contributed by atoms with Crippen molar-refractivity contribution in [3.8, 4) is 0 Å². The van der Waals surface area contributed by atoms with Crippen molar-refractivity contribution in [1.82, 2.24) is 9.21 Å². The lowest BCUT2D eigenvalue weighted by atomic mass is 9.98. The molecule has 1 aromatic rings. The molecule has 158 valence electrons. The van der Waals surface area contributed by atoms with E-state index in [1.165, 1.54) is 4.31 Å². The molecular formula is C20H31BrN2O4S. The predicted octanol–water partition coefficient (Wildman–Crippen LogP) is 4.50. The third-order valence-corrected chi connectivity index (χ3v) is 7.52. The summed E-state index contributed by atoms with van der Waals surface area (Å²) in [4.78, 5) is 14.6. The van der Waals surface area contributed by atoms with Gasteiger partial charge in [-0.05, 0) is 81.4 Å². The fourth-order valence-corrected chi connectivity index (χ4v) is 5.80. The van der Waals surface area contributed by atoms with Crippen LogP contribution in [0.1, 0.15) is 47.5 Å². The van der Waals surface area contributed by atoms with Crippen molar-refractivity contribution in [2.24, 2.45) is 5.92 Å². The van der Waals surface area contributed by atoms with E-state index in [1.54, 1.807) is 29.2 Å². The molecule has 1 aromatic carbocycles. The Balaban J connectivity index is 2.13. The van der Waals surface area contributed by atoms with Crippen molar-refractivity contribution in [2.45, 2.75) is 64.0 Å². The molecule has 1 fully saturated rings. The summed E-state index contributed by atoms with van der Waals surface area (Å²) in [7, 11) is -3.58. The second kappa shape index (κ2) is 9.13. The molecule has 28 heavy (non-hydrogen) atoms. The van der Waals surface area contributed by atoms with Gasteiger partial charge >= 0.3 is 6.09 Å². The number of piperidine rings is 1. The highest BCUT2D eigenvalue weighted by Gasteiger charge is 2.34. The zero-order chi connectivity index (χ0) is 21.1. The van der Waals surface area contributed by atoms with Crippen LogP contribution in [-0.2, 0) is 14.8 Å². The van der Waals surface area contributed by atoms with Crippen LogP contribution in [-0.4, -0.2) is 55.0 Å². The number of nitrogens with zero attached hydrogens (tertiary/aromatic N) is 2. The van der Waals surface area contributed by atoms with Gasteiger partial charge in [-0.3, -0.25) is 0 Å². The minimum Gasteiger partial charge on any atom is -0.444 e. The molecule has 2 rings (SSSR count). The van der Waals surface area contributed by atoms with E-state index in [4.69, 9.17) is 4.74 Å². The second-order valence-electron chi connectivity index (χ2n) is 8.53. The van der Waals surface area contributed by atoms with Crippen LogP contribution in [0.3, 0.4) is 0 Å². The van der Waals surface area contributed by atoms with Crippen LogP contribution in [0.2, 0.25) is 0 Å². The van der Waals surface area contributed by atoms with E-state index in [1.807, 2.05) is 34.6 Å². The monoisotopic (exact) mass is 474 g/mol. The molecule has 1 saturated heterocycles. The number of benzene rings is 1. The molecule has 0 N–H and O–H groups in total. The fourth-order valence-electron chi connectivity index (χ4n) is 3.28. The van der Waals surface area contributed by atoms with Gasteiger partial charge in [0.25, 0.3) is 0 Å². The Kier molecular flexibility index (Phi) is 7.56. The summed E-state index contributed by atoms with van der Waals surface area (Å²) in [5.74, 6) is 0.0703. The predicted molar refractivity (Wildman–Crippen MR) is 114 cm³/mol. The number of halogens is 1. The zero-order valence-electron chi connectivity index (χ0n) is 17.3. The Labute approximate surface area is 177 Å². The summed E-state index contributed by atoms with van der Waals surface area (Å²) < 4.78 is 33.8. The molecule has 1 heterocycles. The van der Waals surface area contributed by atoms with E-state index in [-0.39, 0.29) is 22.9 Å². The summed E-state index contributed by atoms with van der Waals surface area (Å²) >= 11 is 3.34. The van der Waals surface area contributed by atoms with Crippen LogP contribution in [0.4, 0.5) is 4.79 Å². The van der Waals surface area contributed by atoms with Gasteiger partial charge in [-0.15, -0.1) is 0 Å². The molecule has 1 aliphatic heterocycles. The van der Waals surface area contributed by atoms with E-state index in [9.17, 15) is 13.2 Å². The highest BCUT2D eigenvalue weighted by atomic mass is 79.9. The average Bonchev–Trinajstić information content (AvgIpc) is 2.58. The maximum absolute atomic E-state index is 13.1. The van der Waals surface area contributed by atoms with Crippen molar-refractivity contribution in [3.63, 3.8) is 0 Å². The normalized spacial score (nSPS) is 18.9. The smallest absolute Gasteiger partial charge is 0.410 e. The third kappa shape index (κ3) is 5.94. The standard InChI is InChI=1S/C20H31BrN2O4S/c1-15(2)23(19(24)27-20(3,4)5)14-16-9-8-12-22(13-16)28(25,26)18-11-7-6-10-17(18)21/h6-7,10-11,15-16H,8-9,12-14H2,1-5H3. The van der Waals surface area contributed by atoms with E-state index >= 15 is 0 Å². The first kappa shape index (κ1) is 23.2. The molecule has 1 amide bonds. The molecule has 8 heteroatoms. The van der Waals surface area contributed by atoms with Crippen molar-refractivity contribution in [1.29, 1.82) is 0 Å². The Hall–Kier alpha value is -1.12. The highest BCUT2D eigenvalue weighted by Crippen LogP contribution is 2.29. The lowest BCUT2D eigenvalue weighted by Gasteiger charge is -2.37. The molecular weight excluding hydrogens is 444 g/mol. The van der Waals surface area contributed by atoms with Crippen LogP contribution >= 0.6 is 15.9 Å². The van der Waals surface area contributed by atoms with E-state index in [2.05, 4.69) is 15.9 Å². The maximum atomic E-state index is 13.1. The quantitative estimate of drug-likeness (QED) is 0.629. The number of amides is 1. The van der Waals surface area contributed by atoms with Crippen molar-refractivity contribution in [3.05, 3.63) is 28.7 Å².